The van der Waals surface area contributed by atoms with Crippen LogP contribution in [0, 0.1) is 13.8 Å². The van der Waals surface area contributed by atoms with Crippen molar-refractivity contribution in [3.63, 3.8) is 0 Å². The van der Waals surface area contributed by atoms with Gasteiger partial charge in [-0.15, -0.1) is 11.3 Å². The second-order valence-corrected chi connectivity index (χ2v) is 5.05. The van der Waals surface area contributed by atoms with Gasteiger partial charge in [-0.05, 0) is 43.7 Å². The minimum absolute atomic E-state index is 1.25. The molecule has 0 bridgehead atoms. The molecule has 0 radical (unpaired) electrons. The fourth-order valence-electron chi connectivity index (χ4n) is 1.57. The summed E-state index contributed by atoms with van der Waals surface area (Å²) in [6.45, 7) is 4.26. The second-order valence-electron chi connectivity index (χ2n) is 3.78. The van der Waals surface area contributed by atoms with Gasteiger partial charge in [0, 0.05) is 17.6 Å². The monoisotopic (exact) mass is 217 g/mol. The molecule has 0 amide bonds. The van der Waals surface area contributed by atoms with Gasteiger partial charge in [0.25, 0.3) is 0 Å². The molecule has 0 unspecified atom stereocenters. The highest BCUT2D eigenvalue weighted by molar-refractivity contribution is 7.16. The van der Waals surface area contributed by atoms with E-state index in [4.69, 9.17) is 0 Å². The van der Waals surface area contributed by atoms with Gasteiger partial charge >= 0.3 is 0 Å². The van der Waals surface area contributed by atoms with Crippen LogP contribution in [0.1, 0.15) is 10.4 Å². The van der Waals surface area contributed by atoms with Gasteiger partial charge < -0.3 is 4.90 Å². The first kappa shape index (κ1) is 10.2. The first-order valence-corrected chi connectivity index (χ1v) is 5.85. The lowest BCUT2D eigenvalue weighted by Crippen LogP contribution is -2.07. The van der Waals surface area contributed by atoms with Gasteiger partial charge in [-0.25, -0.2) is 0 Å². The standard InChI is InChI=1S/C13H15NS/c1-10-5-4-6-12(9-10)14(3)13-8-7-11(2)15-13/h4-9H,1-3H3. The van der Waals surface area contributed by atoms with Crippen molar-refractivity contribution in [3.8, 4) is 0 Å². The molecule has 1 heterocycles. The number of nitrogens with zero attached hydrogens (tertiary/aromatic N) is 1. The van der Waals surface area contributed by atoms with Crippen molar-refractivity contribution in [2.24, 2.45) is 0 Å². The predicted octanol–water partition coefficient (Wildman–Crippen LogP) is 4.13. The minimum Gasteiger partial charge on any atom is -0.336 e. The number of aryl methyl sites for hydroxylation is 2. The molecule has 0 aliphatic rings. The summed E-state index contributed by atoms with van der Waals surface area (Å²) >= 11 is 1.82. The molecular formula is C13H15NS. The van der Waals surface area contributed by atoms with Crippen LogP contribution in [0.15, 0.2) is 36.4 Å². The van der Waals surface area contributed by atoms with Crippen molar-refractivity contribution >= 4 is 22.0 Å². The molecule has 78 valence electrons. The van der Waals surface area contributed by atoms with Crippen molar-refractivity contribution < 1.29 is 0 Å². The third-order valence-corrected chi connectivity index (χ3v) is 3.52. The van der Waals surface area contributed by atoms with Crippen molar-refractivity contribution in [1.82, 2.24) is 0 Å². The molecule has 1 aromatic heterocycles. The molecule has 1 aromatic carbocycles. The summed E-state index contributed by atoms with van der Waals surface area (Å²) in [6.07, 6.45) is 0. The van der Waals surface area contributed by atoms with Gasteiger partial charge in [-0.1, -0.05) is 12.1 Å². The van der Waals surface area contributed by atoms with E-state index in [2.05, 4.69) is 62.2 Å². The molecule has 0 fully saturated rings. The van der Waals surface area contributed by atoms with E-state index in [9.17, 15) is 0 Å². The molecule has 0 spiro atoms. The molecule has 0 aliphatic carbocycles. The Balaban J connectivity index is 2.32. The van der Waals surface area contributed by atoms with Crippen LogP contribution in [-0.4, -0.2) is 7.05 Å². The molecule has 0 aliphatic heterocycles. The average molecular weight is 217 g/mol. The van der Waals surface area contributed by atoms with Gasteiger partial charge in [-0.2, -0.15) is 0 Å². The maximum absolute atomic E-state index is 2.23. The Morgan fingerprint density at radius 1 is 1.07 bits per heavy atom. The average Bonchev–Trinajstić information content (AvgIpc) is 2.64. The number of rotatable bonds is 2. The third kappa shape index (κ3) is 2.21. The summed E-state index contributed by atoms with van der Waals surface area (Å²) in [5.41, 5.74) is 2.55. The summed E-state index contributed by atoms with van der Waals surface area (Å²) in [4.78, 5) is 3.58. The molecule has 2 aromatic rings. The number of hydrogen-bond acceptors (Lipinski definition) is 2. The van der Waals surface area contributed by atoms with E-state index >= 15 is 0 Å². The number of anilines is 2. The van der Waals surface area contributed by atoms with Crippen LogP contribution in [0.2, 0.25) is 0 Å². The first-order valence-electron chi connectivity index (χ1n) is 5.03. The SMILES string of the molecule is Cc1cccc(N(C)c2ccc(C)s2)c1. The quantitative estimate of drug-likeness (QED) is 0.731. The van der Waals surface area contributed by atoms with E-state index in [1.54, 1.807) is 0 Å². The van der Waals surface area contributed by atoms with Gasteiger partial charge in [0.1, 0.15) is 0 Å². The van der Waals surface area contributed by atoms with Crippen LogP contribution >= 0.6 is 11.3 Å². The van der Waals surface area contributed by atoms with Crippen LogP contribution in [0.5, 0.6) is 0 Å². The molecule has 0 saturated carbocycles. The van der Waals surface area contributed by atoms with E-state index in [0.717, 1.165) is 0 Å². The normalized spacial score (nSPS) is 10.3. The van der Waals surface area contributed by atoms with Gasteiger partial charge in [0.2, 0.25) is 0 Å². The molecule has 0 N–H and O–H groups in total. The van der Waals surface area contributed by atoms with Crippen LogP contribution in [0.3, 0.4) is 0 Å². The highest BCUT2D eigenvalue weighted by Gasteiger charge is 2.05. The molecule has 1 nitrogen and oxygen atoms in total. The van der Waals surface area contributed by atoms with Gasteiger partial charge in [-0.3, -0.25) is 0 Å². The largest absolute Gasteiger partial charge is 0.336 e. The van der Waals surface area contributed by atoms with E-state index in [0.29, 0.717) is 0 Å². The highest BCUT2D eigenvalue weighted by atomic mass is 32.1. The Hall–Kier alpha value is -1.28. The Labute approximate surface area is 95.0 Å². The smallest absolute Gasteiger partial charge is 0.0953 e. The lowest BCUT2D eigenvalue weighted by Gasteiger charge is -2.17. The fourth-order valence-corrected chi connectivity index (χ4v) is 2.41. The molecule has 0 saturated heterocycles. The molecular weight excluding hydrogens is 202 g/mol. The Morgan fingerprint density at radius 2 is 1.87 bits per heavy atom. The highest BCUT2D eigenvalue weighted by Crippen LogP contribution is 2.30. The van der Waals surface area contributed by atoms with E-state index in [-0.39, 0.29) is 0 Å². The number of benzene rings is 1. The summed E-state index contributed by atoms with van der Waals surface area (Å²) < 4.78 is 0. The van der Waals surface area contributed by atoms with Gasteiger partial charge in [0.05, 0.1) is 5.00 Å². The summed E-state index contributed by atoms with van der Waals surface area (Å²) in [5.74, 6) is 0. The van der Waals surface area contributed by atoms with Crippen molar-refractivity contribution in [2.75, 3.05) is 11.9 Å². The second kappa shape index (κ2) is 4.07. The van der Waals surface area contributed by atoms with Crippen LogP contribution in [-0.2, 0) is 0 Å². The Bertz CT molecular complexity index is 459. The van der Waals surface area contributed by atoms with Crippen molar-refractivity contribution in [2.45, 2.75) is 13.8 Å². The van der Waals surface area contributed by atoms with E-state index < -0.39 is 0 Å². The van der Waals surface area contributed by atoms with Crippen LogP contribution in [0.25, 0.3) is 0 Å². The third-order valence-electron chi connectivity index (χ3n) is 2.45. The van der Waals surface area contributed by atoms with Crippen LogP contribution in [0.4, 0.5) is 10.7 Å². The topological polar surface area (TPSA) is 3.24 Å². The summed E-state index contributed by atoms with van der Waals surface area (Å²) in [5, 5.41) is 1.29. The summed E-state index contributed by atoms with van der Waals surface area (Å²) in [7, 11) is 2.11. The lowest BCUT2D eigenvalue weighted by atomic mass is 10.2. The molecule has 2 rings (SSSR count). The van der Waals surface area contributed by atoms with Crippen molar-refractivity contribution in [1.29, 1.82) is 0 Å². The minimum atomic E-state index is 1.25. The molecule has 15 heavy (non-hydrogen) atoms. The Morgan fingerprint density at radius 3 is 2.47 bits per heavy atom. The molecule has 0 atom stereocenters. The van der Waals surface area contributed by atoms with Gasteiger partial charge in [0.15, 0.2) is 0 Å². The zero-order valence-corrected chi connectivity index (χ0v) is 10.1. The zero-order valence-electron chi connectivity index (χ0n) is 9.32. The lowest BCUT2D eigenvalue weighted by molar-refractivity contribution is 1.23. The first-order chi connectivity index (χ1) is 7.16. The molecule has 2 heteroatoms. The van der Waals surface area contributed by atoms with Crippen molar-refractivity contribution in [3.05, 3.63) is 46.8 Å². The maximum atomic E-state index is 2.23. The van der Waals surface area contributed by atoms with Crippen LogP contribution < -0.4 is 4.90 Å². The number of thiophene rings is 1. The fraction of sp³-hybridized carbons (Fsp3) is 0.231. The number of hydrogen-bond donors (Lipinski definition) is 0. The summed E-state index contributed by atoms with van der Waals surface area (Å²) in [6, 6.07) is 12.9. The predicted molar refractivity (Wildman–Crippen MR) is 68.3 cm³/mol. The maximum Gasteiger partial charge on any atom is 0.0953 e. The van der Waals surface area contributed by atoms with E-state index in [1.165, 1.54) is 21.1 Å². The Kier molecular flexibility index (Phi) is 2.78. The zero-order chi connectivity index (χ0) is 10.8. The van der Waals surface area contributed by atoms with E-state index in [1.807, 2.05) is 11.3 Å².